The van der Waals surface area contributed by atoms with Gasteiger partial charge in [-0.3, -0.25) is 0 Å². The lowest BCUT2D eigenvalue weighted by molar-refractivity contribution is 0.595. The Labute approximate surface area is 112 Å². The second kappa shape index (κ2) is 4.80. The molecule has 3 nitrogen and oxygen atoms in total. The van der Waals surface area contributed by atoms with Gasteiger partial charge in [0.2, 0.25) is 0 Å². The van der Waals surface area contributed by atoms with E-state index in [1.807, 2.05) is 6.07 Å². The lowest BCUT2D eigenvalue weighted by atomic mass is 10.3. The molecule has 0 fully saturated rings. The number of sulfone groups is 1. The van der Waals surface area contributed by atoms with E-state index < -0.39 is 9.84 Å². The van der Waals surface area contributed by atoms with Crippen LogP contribution in [0.2, 0.25) is 0 Å². The summed E-state index contributed by atoms with van der Waals surface area (Å²) in [7, 11) is -3.31. The fourth-order valence-corrected chi connectivity index (χ4v) is 4.63. The van der Waals surface area contributed by atoms with Crippen LogP contribution in [0.15, 0.2) is 45.1 Å². The normalized spacial score (nSPS) is 11.6. The molecule has 0 unspecified atom stereocenters. The third-order valence-electron chi connectivity index (χ3n) is 2.18. The second-order valence-electron chi connectivity index (χ2n) is 3.54. The van der Waals surface area contributed by atoms with Gasteiger partial charge >= 0.3 is 0 Å². The van der Waals surface area contributed by atoms with Crippen LogP contribution in [0, 0.1) is 0 Å². The molecule has 0 aliphatic heterocycles. The lowest BCUT2D eigenvalue weighted by Crippen LogP contribution is -2.04. The van der Waals surface area contributed by atoms with Crippen LogP contribution >= 0.6 is 27.3 Å². The van der Waals surface area contributed by atoms with Crippen molar-refractivity contribution in [2.24, 2.45) is 0 Å². The number of rotatable bonds is 3. The molecule has 0 saturated heterocycles. The Bertz CT molecular complexity index is 634. The maximum atomic E-state index is 12.1. The molecule has 0 aliphatic rings. The molecule has 0 saturated carbocycles. The summed E-state index contributed by atoms with van der Waals surface area (Å²) >= 11 is 4.73. The van der Waals surface area contributed by atoms with E-state index in [0.29, 0.717) is 5.69 Å². The summed E-state index contributed by atoms with van der Waals surface area (Å²) in [6.07, 6.45) is 0. The Morgan fingerprint density at radius 2 is 2.00 bits per heavy atom. The van der Waals surface area contributed by atoms with Crippen LogP contribution in [0.3, 0.4) is 0 Å². The summed E-state index contributed by atoms with van der Waals surface area (Å²) in [5.74, 6) is 0.00667. The highest BCUT2D eigenvalue weighted by Crippen LogP contribution is 2.26. The second-order valence-corrected chi connectivity index (χ2v) is 8.07. The fraction of sp³-hybridized carbons (Fsp3) is 0.0909. The molecule has 2 N–H and O–H groups in total. The summed E-state index contributed by atoms with van der Waals surface area (Å²) in [5.41, 5.74) is 6.04. The SMILES string of the molecule is Nc1cccc(S(=O)(=O)Cc2ccc(Br)s2)c1. The van der Waals surface area contributed by atoms with Gasteiger partial charge in [-0.25, -0.2) is 8.42 Å². The quantitative estimate of drug-likeness (QED) is 0.879. The summed E-state index contributed by atoms with van der Waals surface area (Å²) in [4.78, 5) is 1.07. The smallest absolute Gasteiger partial charge is 0.183 e. The average molecular weight is 332 g/mol. The summed E-state index contributed by atoms with van der Waals surface area (Å²) in [6.45, 7) is 0. The van der Waals surface area contributed by atoms with Crippen LogP contribution in [0.5, 0.6) is 0 Å². The van der Waals surface area contributed by atoms with Crippen molar-refractivity contribution >= 4 is 42.8 Å². The van der Waals surface area contributed by atoms with Crippen molar-refractivity contribution in [2.45, 2.75) is 10.6 Å². The van der Waals surface area contributed by atoms with Crippen LogP contribution in [0.25, 0.3) is 0 Å². The Kier molecular flexibility index (Phi) is 3.56. The third-order valence-corrected chi connectivity index (χ3v) is 5.65. The molecule has 0 radical (unpaired) electrons. The van der Waals surface area contributed by atoms with Gasteiger partial charge in [-0.1, -0.05) is 6.07 Å². The van der Waals surface area contributed by atoms with Gasteiger partial charge in [0.25, 0.3) is 0 Å². The van der Waals surface area contributed by atoms with E-state index >= 15 is 0 Å². The molecule has 0 atom stereocenters. The molecular formula is C11H10BrNO2S2. The van der Waals surface area contributed by atoms with Crippen LogP contribution < -0.4 is 5.73 Å². The van der Waals surface area contributed by atoms with Crippen LogP contribution in [-0.4, -0.2) is 8.42 Å². The zero-order chi connectivity index (χ0) is 12.5. The minimum absolute atomic E-state index is 0.00667. The predicted molar refractivity (Wildman–Crippen MR) is 73.8 cm³/mol. The zero-order valence-electron chi connectivity index (χ0n) is 8.76. The molecule has 17 heavy (non-hydrogen) atoms. The van der Waals surface area contributed by atoms with Crippen molar-refractivity contribution in [1.29, 1.82) is 0 Å². The van der Waals surface area contributed by atoms with Gasteiger partial charge in [0, 0.05) is 10.6 Å². The topological polar surface area (TPSA) is 60.2 Å². The first kappa shape index (κ1) is 12.6. The van der Waals surface area contributed by atoms with Crippen molar-refractivity contribution in [2.75, 3.05) is 5.73 Å². The van der Waals surface area contributed by atoms with Crippen molar-refractivity contribution in [1.82, 2.24) is 0 Å². The van der Waals surface area contributed by atoms with Crippen molar-refractivity contribution in [3.05, 3.63) is 45.1 Å². The molecule has 6 heteroatoms. The van der Waals surface area contributed by atoms with Crippen LogP contribution in [0.1, 0.15) is 4.88 Å². The number of nitrogen functional groups attached to an aromatic ring is 1. The summed E-state index contributed by atoms with van der Waals surface area (Å²) in [6, 6.07) is 10.0. The molecule has 1 heterocycles. The van der Waals surface area contributed by atoms with E-state index in [9.17, 15) is 8.42 Å². The van der Waals surface area contributed by atoms with E-state index in [1.165, 1.54) is 17.4 Å². The van der Waals surface area contributed by atoms with Gasteiger partial charge in [0.05, 0.1) is 14.4 Å². The molecule has 0 bridgehead atoms. The summed E-state index contributed by atoms with van der Waals surface area (Å²) in [5, 5.41) is 0. The number of anilines is 1. The number of thiophene rings is 1. The lowest BCUT2D eigenvalue weighted by Gasteiger charge is -2.03. The van der Waals surface area contributed by atoms with E-state index in [2.05, 4.69) is 15.9 Å². The molecular weight excluding hydrogens is 322 g/mol. The van der Waals surface area contributed by atoms with E-state index in [4.69, 9.17) is 5.73 Å². The first-order chi connectivity index (χ1) is 7.97. The standard InChI is InChI=1S/C11H10BrNO2S2/c12-11-5-4-9(16-11)7-17(14,15)10-3-1-2-8(13)6-10/h1-6H,7,13H2. The molecule has 0 amide bonds. The van der Waals surface area contributed by atoms with Gasteiger partial charge < -0.3 is 5.73 Å². The van der Waals surface area contributed by atoms with Crippen molar-refractivity contribution < 1.29 is 8.42 Å². The Hall–Kier alpha value is -0.850. The Balaban J connectivity index is 2.31. The van der Waals surface area contributed by atoms with Crippen LogP contribution in [-0.2, 0) is 15.6 Å². The Morgan fingerprint density at radius 1 is 1.24 bits per heavy atom. The number of benzene rings is 1. The fourth-order valence-electron chi connectivity index (χ4n) is 1.41. The third kappa shape index (κ3) is 3.08. The van der Waals surface area contributed by atoms with Gasteiger partial charge in [-0.15, -0.1) is 11.3 Å². The Morgan fingerprint density at radius 3 is 2.59 bits per heavy atom. The molecule has 0 aliphatic carbocycles. The minimum Gasteiger partial charge on any atom is -0.399 e. The highest BCUT2D eigenvalue weighted by Gasteiger charge is 2.16. The van der Waals surface area contributed by atoms with Gasteiger partial charge in [0.1, 0.15) is 0 Å². The maximum absolute atomic E-state index is 12.1. The predicted octanol–water partition coefficient (Wildman–Crippen LogP) is 3.07. The van der Waals surface area contributed by atoms with E-state index in [0.717, 1.165) is 8.66 Å². The van der Waals surface area contributed by atoms with Crippen molar-refractivity contribution in [3.8, 4) is 0 Å². The molecule has 0 spiro atoms. The van der Waals surface area contributed by atoms with Crippen molar-refractivity contribution in [3.63, 3.8) is 0 Å². The van der Waals surface area contributed by atoms with Crippen LogP contribution in [0.4, 0.5) is 5.69 Å². The number of halogens is 1. The average Bonchev–Trinajstić information content (AvgIpc) is 2.63. The van der Waals surface area contributed by atoms with Gasteiger partial charge in [0.15, 0.2) is 9.84 Å². The number of hydrogen-bond donors (Lipinski definition) is 1. The van der Waals surface area contributed by atoms with Gasteiger partial charge in [-0.05, 0) is 46.3 Å². The first-order valence-electron chi connectivity index (χ1n) is 4.80. The van der Waals surface area contributed by atoms with E-state index in [1.54, 1.807) is 24.3 Å². The highest BCUT2D eigenvalue weighted by molar-refractivity contribution is 9.11. The number of nitrogens with two attached hydrogens (primary N) is 1. The van der Waals surface area contributed by atoms with Gasteiger partial charge in [-0.2, -0.15) is 0 Å². The molecule has 90 valence electrons. The molecule has 1 aromatic carbocycles. The maximum Gasteiger partial charge on any atom is 0.183 e. The van der Waals surface area contributed by atoms with E-state index in [-0.39, 0.29) is 10.6 Å². The molecule has 2 aromatic rings. The minimum atomic E-state index is -3.31. The molecule has 1 aromatic heterocycles. The monoisotopic (exact) mass is 331 g/mol. The summed E-state index contributed by atoms with van der Waals surface area (Å²) < 4.78 is 25.1. The number of hydrogen-bond acceptors (Lipinski definition) is 4. The largest absolute Gasteiger partial charge is 0.399 e. The highest BCUT2D eigenvalue weighted by atomic mass is 79.9. The molecule has 2 rings (SSSR count). The zero-order valence-corrected chi connectivity index (χ0v) is 12.0. The first-order valence-corrected chi connectivity index (χ1v) is 8.06.